The standard InChI is InChI=1S/C15H14N4O3/c1-8-5-13(22-19-8)15(20)18-12-7-17-11-6-9(21-2)3-4-10(11)14(12)16/h3-7H,1-2H3,(H2,16,17)(H,18,20). The number of carbonyl (C=O) groups is 1. The summed E-state index contributed by atoms with van der Waals surface area (Å²) in [4.78, 5) is 16.3. The summed E-state index contributed by atoms with van der Waals surface area (Å²) >= 11 is 0. The van der Waals surface area contributed by atoms with Gasteiger partial charge in [-0.05, 0) is 19.1 Å². The van der Waals surface area contributed by atoms with Gasteiger partial charge in [0, 0.05) is 17.5 Å². The number of nitrogen functional groups attached to an aromatic ring is 1. The summed E-state index contributed by atoms with van der Waals surface area (Å²) in [6.07, 6.45) is 1.50. The van der Waals surface area contributed by atoms with Crippen LogP contribution in [0.5, 0.6) is 5.75 Å². The fourth-order valence-electron chi connectivity index (χ4n) is 2.08. The lowest BCUT2D eigenvalue weighted by Gasteiger charge is -2.10. The second-order valence-electron chi connectivity index (χ2n) is 4.76. The van der Waals surface area contributed by atoms with Gasteiger partial charge in [-0.15, -0.1) is 0 Å². The second-order valence-corrected chi connectivity index (χ2v) is 4.76. The van der Waals surface area contributed by atoms with E-state index < -0.39 is 5.91 Å². The van der Waals surface area contributed by atoms with Gasteiger partial charge in [0.25, 0.3) is 5.91 Å². The average Bonchev–Trinajstić information content (AvgIpc) is 2.96. The van der Waals surface area contributed by atoms with E-state index in [4.69, 9.17) is 15.0 Å². The maximum atomic E-state index is 12.1. The topological polar surface area (TPSA) is 103 Å². The van der Waals surface area contributed by atoms with Gasteiger partial charge in [0.15, 0.2) is 0 Å². The van der Waals surface area contributed by atoms with E-state index in [1.807, 2.05) is 0 Å². The number of methoxy groups -OCH3 is 1. The zero-order valence-corrected chi connectivity index (χ0v) is 12.1. The molecule has 0 radical (unpaired) electrons. The number of nitrogens with two attached hydrogens (primary N) is 1. The SMILES string of the molecule is COc1ccc2c(N)c(NC(=O)c3cc(C)no3)cnc2c1. The van der Waals surface area contributed by atoms with E-state index in [1.165, 1.54) is 6.20 Å². The molecular formula is C15H14N4O3. The molecule has 3 rings (SSSR count). The van der Waals surface area contributed by atoms with Crippen molar-refractivity contribution < 1.29 is 14.1 Å². The molecule has 3 N–H and O–H groups in total. The van der Waals surface area contributed by atoms with Crippen molar-refractivity contribution >= 4 is 28.2 Å². The molecule has 22 heavy (non-hydrogen) atoms. The van der Waals surface area contributed by atoms with E-state index in [-0.39, 0.29) is 5.76 Å². The van der Waals surface area contributed by atoms with Crippen molar-refractivity contribution in [3.8, 4) is 5.75 Å². The van der Waals surface area contributed by atoms with Crippen LogP contribution in [-0.4, -0.2) is 23.2 Å². The Morgan fingerprint density at radius 1 is 1.36 bits per heavy atom. The Hall–Kier alpha value is -3.09. The predicted octanol–water partition coefficient (Wildman–Crippen LogP) is 2.37. The molecule has 1 amide bonds. The number of nitrogens with zero attached hydrogens (tertiary/aromatic N) is 2. The molecule has 0 aliphatic heterocycles. The number of ether oxygens (including phenoxy) is 1. The second kappa shape index (κ2) is 5.36. The Bertz CT molecular complexity index is 857. The van der Waals surface area contributed by atoms with Crippen LogP contribution in [0.2, 0.25) is 0 Å². The molecule has 0 saturated heterocycles. The lowest BCUT2D eigenvalue weighted by Crippen LogP contribution is -2.13. The van der Waals surface area contributed by atoms with E-state index in [9.17, 15) is 4.79 Å². The first-order valence-corrected chi connectivity index (χ1v) is 6.55. The Balaban J connectivity index is 1.94. The number of anilines is 2. The van der Waals surface area contributed by atoms with Crippen LogP contribution in [0, 0.1) is 6.92 Å². The van der Waals surface area contributed by atoms with Gasteiger partial charge in [0.05, 0.1) is 35.9 Å². The maximum Gasteiger partial charge on any atom is 0.294 e. The summed E-state index contributed by atoms with van der Waals surface area (Å²) in [6.45, 7) is 1.74. The Morgan fingerprint density at radius 3 is 2.86 bits per heavy atom. The molecular weight excluding hydrogens is 284 g/mol. The molecule has 0 aliphatic carbocycles. The molecule has 0 aliphatic rings. The molecule has 0 bridgehead atoms. The van der Waals surface area contributed by atoms with Gasteiger partial charge in [0.2, 0.25) is 5.76 Å². The number of pyridine rings is 1. The highest BCUT2D eigenvalue weighted by Crippen LogP contribution is 2.29. The van der Waals surface area contributed by atoms with Crippen LogP contribution < -0.4 is 15.8 Å². The van der Waals surface area contributed by atoms with E-state index in [0.717, 1.165) is 5.39 Å². The molecule has 7 heteroatoms. The van der Waals surface area contributed by atoms with Crippen molar-refractivity contribution in [3.63, 3.8) is 0 Å². The van der Waals surface area contributed by atoms with Gasteiger partial charge in [-0.1, -0.05) is 5.16 Å². The van der Waals surface area contributed by atoms with Crippen LogP contribution in [-0.2, 0) is 0 Å². The number of rotatable bonds is 3. The van der Waals surface area contributed by atoms with Crippen LogP contribution in [0.15, 0.2) is 35.0 Å². The largest absolute Gasteiger partial charge is 0.497 e. The molecule has 0 spiro atoms. The normalized spacial score (nSPS) is 10.6. The minimum atomic E-state index is -0.429. The summed E-state index contributed by atoms with van der Waals surface area (Å²) in [5.41, 5.74) is 8.25. The molecule has 0 fully saturated rings. The van der Waals surface area contributed by atoms with Gasteiger partial charge in [0.1, 0.15) is 5.75 Å². The quantitative estimate of drug-likeness (QED) is 0.769. The molecule has 2 heterocycles. The van der Waals surface area contributed by atoms with Crippen molar-refractivity contribution in [1.29, 1.82) is 0 Å². The highest BCUT2D eigenvalue weighted by atomic mass is 16.5. The predicted molar refractivity (Wildman–Crippen MR) is 81.9 cm³/mol. The number of carbonyl (C=O) groups excluding carboxylic acids is 1. The molecule has 1 aromatic carbocycles. The average molecular weight is 298 g/mol. The monoisotopic (exact) mass is 298 g/mol. The fraction of sp³-hybridized carbons (Fsp3) is 0.133. The van der Waals surface area contributed by atoms with E-state index in [2.05, 4.69) is 15.5 Å². The third-order valence-electron chi connectivity index (χ3n) is 3.22. The van der Waals surface area contributed by atoms with Gasteiger partial charge >= 0.3 is 0 Å². The summed E-state index contributed by atoms with van der Waals surface area (Å²) < 4.78 is 10.1. The van der Waals surface area contributed by atoms with Crippen molar-refractivity contribution in [2.75, 3.05) is 18.2 Å². The summed E-state index contributed by atoms with van der Waals surface area (Å²) in [7, 11) is 1.58. The number of hydrogen-bond donors (Lipinski definition) is 2. The van der Waals surface area contributed by atoms with E-state index in [0.29, 0.717) is 28.3 Å². The van der Waals surface area contributed by atoms with Crippen LogP contribution in [0.25, 0.3) is 10.9 Å². The van der Waals surface area contributed by atoms with E-state index in [1.54, 1.807) is 38.3 Å². The van der Waals surface area contributed by atoms with Crippen molar-refractivity contribution in [2.24, 2.45) is 0 Å². The van der Waals surface area contributed by atoms with Crippen molar-refractivity contribution in [2.45, 2.75) is 6.92 Å². The van der Waals surface area contributed by atoms with Crippen LogP contribution >= 0.6 is 0 Å². The number of hydrogen-bond acceptors (Lipinski definition) is 6. The minimum Gasteiger partial charge on any atom is -0.497 e. The first-order valence-electron chi connectivity index (χ1n) is 6.55. The first-order chi connectivity index (χ1) is 10.6. The fourth-order valence-corrected chi connectivity index (χ4v) is 2.08. The molecule has 0 unspecified atom stereocenters. The zero-order chi connectivity index (χ0) is 15.7. The summed E-state index contributed by atoms with van der Waals surface area (Å²) in [6, 6.07) is 6.90. The molecule has 112 valence electrons. The summed E-state index contributed by atoms with van der Waals surface area (Å²) in [5, 5.41) is 7.07. The maximum absolute atomic E-state index is 12.1. The number of fused-ring (bicyclic) bond motifs is 1. The smallest absolute Gasteiger partial charge is 0.294 e. The Kier molecular flexibility index (Phi) is 3.38. The lowest BCUT2D eigenvalue weighted by atomic mass is 10.1. The molecule has 0 atom stereocenters. The van der Waals surface area contributed by atoms with Crippen molar-refractivity contribution in [3.05, 3.63) is 41.9 Å². The van der Waals surface area contributed by atoms with Crippen molar-refractivity contribution in [1.82, 2.24) is 10.1 Å². The Morgan fingerprint density at radius 2 is 2.18 bits per heavy atom. The molecule has 7 nitrogen and oxygen atoms in total. The Labute approximate surface area is 126 Å². The number of aryl methyl sites for hydroxylation is 1. The number of aromatic nitrogens is 2. The number of benzene rings is 1. The molecule has 0 saturated carbocycles. The van der Waals surface area contributed by atoms with Gasteiger partial charge in [-0.3, -0.25) is 9.78 Å². The first kappa shape index (κ1) is 13.9. The highest BCUT2D eigenvalue weighted by molar-refractivity contribution is 6.07. The number of amides is 1. The highest BCUT2D eigenvalue weighted by Gasteiger charge is 2.14. The van der Waals surface area contributed by atoms with E-state index >= 15 is 0 Å². The molecule has 3 aromatic rings. The molecule has 2 aromatic heterocycles. The van der Waals surface area contributed by atoms with Crippen LogP contribution in [0.3, 0.4) is 0 Å². The van der Waals surface area contributed by atoms with Crippen LogP contribution in [0.4, 0.5) is 11.4 Å². The van der Waals surface area contributed by atoms with Gasteiger partial charge in [-0.2, -0.15) is 0 Å². The third kappa shape index (κ3) is 2.44. The number of nitrogens with one attached hydrogen (secondary N) is 1. The van der Waals surface area contributed by atoms with Gasteiger partial charge in [-0.25, -0.2) is 0 Å². The minimum absolute atomic E-state index is 0.117. The lowest BCUT2D eigenvalue weighted by molar-refractivity contribution is 0.0988. The van der Waals surface area contributed by atoms with Crippen LogP contribution in [0.1, 0.15) is 16.2 Å². The summed E-state index contributed by atoms with van der Waals surface area (Å²) in [5.74, 6) is 0.377. The zero-order valence-electron chi connectivity index (χ0n) is 12.1. The third-order valence-corrected chi connectivity index (χ3v) is 3.22. The van der Waals surface area contributed by atoms with Gasteiger partial charge < -0.3 is 20.3 Å².